The summed E-state index contributed by atoms with van der Waals surface area (Å²) in [6.07, 6.45) is 0. The molecule has 3 aromatic rings. The van der Waals surface area contributed by atoms with Gasteiger partial charge in [-0.2, -0.15) is 0 Å². The Morgan fingerprint density at radius 1 is 1.13 bits per heavy atom. The zero-order valence-electron chi connectivity index (χ0n) is 13.0. The lowest BCUT2D eigenvalue weighted by molar-refractivity contribution is 0.411. The van der Waals surface area contributed by atoms with Crippen molar-refractivity contribution in [3.8, 4) is 5.75 Å². The van der Waals surface area contributed by atoms with Crippen LogP contribution >= 0.6 is 11.3 Å². The Labute approximate surface area is 139 Å². The molecule has 7 heteroatoms. The summed E-state index contributed by atoms with van der Waals surface area (Å²) in [5.41, 5.74) is 2.16. The van der Waals surface area contributed by atoms with Gasteiger partial charge in [-0.25, -0.2) is 13.4 Å². The monoisotopic (exact) mass is 348 g/mol. The fraction of sp³-hybridized carbons (Fsp3) is 0.188. The summed E-state index contributed by atoms with van der Waals surface area (Å²) in [6, 6.07) is 10.1. The van der Waals surface area contributed by atoms with Gasteiger partial charge in [0, 0.05) is 0 Å². The Morgan fingerprint density at radius 3 is 2.61 bits per heavy atom. The Balaban J connectivity index is 1.94. The fourth-order valence-corrected chi connectivity index (χ4v) is 4.34. The molecule has 3 rings (SSSR count). The molecule has 0 amide bonds. The lowest BCUT2D eigenvalue weighted by Gasteiger charge is -2.10. The quantitative estimate of drug-likeness (QED) is 0.780. The van der Waals surface area contributed by atoms with Gasteiger partial charge >= 0.3 is 0 Å². The summed E-state index contributed by atoms with van der Waals surface area (Å²) in [6.45, 7) is 3.73. The molecular weight excluding hydrogens is 332 g/mol. The van der Waals surface area contributed by atoms with Crippen LogP contribution in [0.3, 0.4) is 0 Å². The summed E-state index contributed by atoms with van der Waals surface area (Å²) in [5.74, 6) is 0.658. The molecule has 1 heterocycles. The minimum absolute atomic E-state index is 0.205. The predicted octanol–water partition coefficient (Wildman–Crippen LogP) is 3.72. The molecule has 0 aliphatic carbocycles. The third-order valence-electron chi connectivity index (χ3n) is 3.42. The van der Waals surface area contributed by atoms with Gasteiger partial charge in [-0.15, -0.1) is 11.3 Å². The molecule has 0 unspecified atom stereocenters. The smallest absolute Gasteiger partial charge is 0.261 e. The maximum absolute atomic E-state index is 12.5. The third kappa shape index (κ3) is 3.16. The van der Waals surface area contributed by atoms with Gasteiger partial charge in [-0.05, 0) is 55.8 Å². The molecule has 0 radical (unpaired) electrons. The first-order chi connectivity index (χ1) is 10.9. The van der Waals surface area contributed by atoms with E-state index in [0.29, 0.717) is 11.4 Å². The molecular formula is C16H16N2O3S2. The van der Waals surface area contributed by atoms with Crippen molar-refractivity contribution in [2.45, 2.75) is 18.7 Å². The van der Waals surface area contributed by atoms with E-state index in [-0.39, 0.29) is 4.90 Å². The van der Waals surface area contributed by atoms with Gasteiger partial charge in [0.15, 0.2) is 0 Å². The molecule has 0 fully saturated rings. The van der Waals surface area contributed by atoms with Crippen molar-refractivity contribution >= 4 is 37.3 Å². The maximum atomic E-state index is 12.5. The second-order valence-corrected chi connectivity index (χ2v) is 8.07. The highest BCUT2D eigenvalue weighted by molar-refractivity contribution is 7.92. The number of hydrogen-bond donors (Lipinski definition) is 1. The van der Waals surface area contributed by atoms with Crippen molar-refractivity contribution in [3.63, 3.8) is 0 Å². The number of sulfonamides is 1. The second-order valence-electron chi connectivity index (χ2n) is 5.15. The van der Waals surface area contributed by atoms with Crippen molar-refractivity contribution < 1.29 is 13.2 Å². The molecule has 0 spiro atoms. The third-order valence-corrected chi connectivity index (χ3v) is 5.74. The van der Waals surface area contributed by atoms with Crippen LogP contribution in [0.25, 0.3) is 10.2 Å². The van der Waals surface area contributed by atoms with Crippen LogP contribution in [-0.4, -0.2) is 20.5 Å². The summed E-state index contributed by atoms with van der Waals surface area (Å²) in [5, 5.41) is 0.950. The molecule has 0 saturated carbocycles. The number of methoxy groups -OCH3 is 1. The van der Waals surface area contributed by atoms with E-state index in [4.69, 9.17) is 4.74 Å². The number of fused-ring (bicyclic) bond motifs is 1. The van der Waals surface area contributed by atoms with E-state index in [1.807, 2.05) is 19.9 Å². The highest BCUT2D eigenvalue weighted by Crippen LogP contribution is 2.27. The van der Waals surface area contributed by atoms with Crippen molar-refractivity contribution in [2.24, 2.45) is 0 Å². The molecule has 0 saturated heterocycles. The molecule has 0 atom stereocenters. The first-order valence-corrected chi connectivity index (χ1v) is 9.24. The Morgan fingerprint density at radius 2 is 1.91 bits per heavy atom. The molecule has 0 aliphatic heterocycles. The van der Waals surface area contributed by atoms with Gasteiger partial charge < -0.3 is 4.74 Å². The molecule has 0 aliphatic rings. The predicted molar refractivity (Wildman–Crippen MR) is 92.9 cm³/mol. The molecule has 1 aromatic heterocycles. The molecule has 120 valence electrons. The van der Waals surface area contributed by atoms with Gasteiger partial charge in [0.2, 0.25) is 0 Å². The second kappa shape index (κ2) is 5.82. The first-order valence-electron chi connectivity index (χ1n) is 6.94. The largest absolute Gasteiger partial charge is 0.496 e. The molecule has 23 heavy (non-hydrogen) atoms. The summed E-state index contributed by atoms with van der Waals surface area (Å²) >= 11 is 1.53. The number of anilines is 1. The molecule has 1 N–H and O–H groups in total. The van der Waals surface area contributed by atoms with Gasteiger partial charge in [0.25, 0.3) is 10.0 Å². The number of aromatic nitrogens is 1. The summed E-state index contributed by atoms with van der Waals surface area (Å²) in [4.78, 5) is 4.57. The average Bonchev–Trinajstić information content (AvgIpc) is 2.86. The number of aryl methyl sites for hydroxylation is 2. The van der Waals surface area contributed by atoms with E-state index in [1.165, 1.54) is 17.4 Å². The highest BCUT2D eigenvalue weighted by atomic mass is 32.2. The molecule has 0 bridgehead atoms. The van der Waals surface area contributed by atoms with E-state index in [0.717, 1.165) is 20.8 Å². The van der Waals surface area contributed by atoms with Crippen molar-refractivity contribution in [1.29, 1.82) is 0 Å². The zero-order chi connectivity index (χ0) is 16.6. The van der Waals surface area contributed by atoms with Gasteiger partial charge in [0.1, 0.15) is 5.75 Å². The molecule has 5 nitrogen and oxygen atoms in total. The molecule has 2 aromatic carbocycles. The first kappa shape index (κ1) is 15.8. The number of nitrogens with one attached hydrogen (secondary N) is 1. The number of rotatable bonds is 4. The van der Waals surface area contributed by atoms with E-state index in [1.54, 1.807) is 31.4 Å². The SMILES string of the molecule is COc1ccc(S(=O)(=O)Nc2ccc3nc(C)sc3c2)cc1C. The highest BCUT2D eigenvalue weighted by Gasteiger charge is 2.16. The van der Waals surface area contributed by atoms with E-state index >= 15 is 0 Å². The lowest BCUT2D eigenvalue weighted by atomic mass is 10.2. The van der Waals surface area contributed by atoms with Crippen LogP contribution in [0, 0.1) is 13.8 Å². The van der Waals surface area contributed by atoms with Crippen LogP contribution < -0.4 is 9.46 Å². The van der Waals surface area contributed by atoms with Gasteiger partial charge in [-0.3, -0.25) is 4.72 Å². The van der Waals surface area contributed by atoms with E-state index in [9.17, 15) is 8.42 Å². The Hall–Kier alpha value is -2.12. The Bertz CT molecular complexity index is 978. The van der Waals surface area contributed by atoms with Crippen LogP contribution in [0.4, 0.5) is 5.69 Å². The fourth-order valence-electron chi connectivity index (χ4n) is 2.34. The van der Waals surface area contributed by atoms with Crippen molar-refractivity contribution in [3.05, 3.63) is 47.0 Å². The zero-order valence-corrected chi connectivity index (χ0v) is 14.6. The van der Waals surface area contributed by atoms with Crippen LogP contribution in [0.5, 0.6) is 5.75 Å². The standard InChI is InChI=1S/C16H16N2O3S2/c1-10-8-13(5-7-15(10)21-3)23(19,20)18-12-4-6-14-16(9-12)22-11(2)17-14/h4-9,18H,1-3H3. The maximum Gasteiger partial charge on any atom is 0.261 e. The average molecular weight is 348 g/mol. The van der Waals surface area contributed by atoms with Crippen LogP contribution in [0.15, 0.2) is 41.3 Å². The van der Waals surface area contributed by atoms with Gasteiger partial charge in [-0.1, -0.05) is 0 Å². The van der Waals surface area contributed by atoms with Crippen LogP contribution in [0.2, 0.25) is 0 Å². The Kier molecular flexibility index (Phi) is 3.99. The van der Waals surface area contributed by atoms with E-state index < -0.39 is 10.0 Å². The minimum atomic E-state index is -3.64. The number of thiazole rings is 1. The van der Waals surface area contributed by atoms with Crippen molar-refractivity contribution in [2.75, 3.05) is 11.8 Å². The summed E-state index contributed by atoms with van der Waals surface area (Å²) in [7, 11) is -2.09. The van der Waals surface area contributed by atoms with E-state index in [2.05, 4.69) is 9.71 Å². The lowest BCUT2D eigenvalue weighted by Crippen LogP contribution is -2.13. The number of hydrogen-bond acceptors (Lipinski definition) is 5. The normalized spacial score (nSPS) is 11.6. The summed E-state index contributed by atoms with van der Waals surface area (Å²) < 4.78 is 33.8. The van der Waals surface area contributed by atoms with Crippen LogP contribution in [-0.2, 0) is 10.0 Å². The topological polar surface area (TPSA) is 68.3 Å². The number of ether oxygens (including phenoxy) is 1. The number of nitrogens with zero attached hydrogens (tertiary/aromatic N) is 1. The van der Waals surface area contributed by atoms with Gasteiger partial charge in [0.05, 0.1) is 32.9 Å². The van der Waals surface area contributed by atoms with Crippen molar-refractivity contribution in [1.82, 2.24) is 4.98 Å². The number of benzene rings is 2. The minimum Gasteiger partial charge on any atom is -0.496 e. The van der Waals surface area contributed by atoms with Crippen LogP contribution in [0.1, 0.15) is 10.6 Å².